The van der Waals surface area contributed by atoms with Crippen LogP contribution < -0.4 is 5.56 Å². The Hall–Kier alpha value is -2.55. The molecule has 0 unspecified atom stereocenters. The van der Waals surface area contributed by atoms with Gasteiger partial charge in [-0.1, -0.05) is 23.6 Å². The van der Waals surface area contributed by atoms with E-state index in [1.54, 1.807) is 16.8 Å². The average molecular weight is 355 g/mol. The molecule has 0 saturated carbocycles. The first-order valence-electron chi connectivity index (χ1n) is 8.00. The molecular weight excluding hydrogens is 336 g/mol. The van der Waals surface area contributed by atoms with E-state index in [0.717, 1.165) is 24.0 Å². The predicted molar refractivity (Wildman–Crippen MR) is 101 cm³/mol. The lowest BCUT2D eigenvalue weighted by molar-refractivity contribution is 0.303. The highest BCUT2D eigenvalue weighted by Crippen LogP contribution is 2.19. The third-order valence-electron chi connectivity index (χ3n) is 4.09. The number of hydrogen-bond acceptors (Lipinski definition) is 3. The fraction of sp³-hybridized carbons (Fsp3) is 0.263. The van der Waals surface area contributed by atoms with Gasteiger partial charge in [-0.3, -0.25) is 14.0 Å². The van der Waals surface area contributed by atoms with Crippen LogP contribution in [0.3, 0.4) is 0 Å². The van der Waals surface area contributed by atoms with Crippen LogP contribution in [0.5, 0.6) is 0 Å². The van der Waals surface area contributed by atoms with Crippen molar-refractivity contribution < 1.29 is 0 Å². The van der Waals surface area contributed by atoms with E-state index in [9.17, 15) is 4.79 Å². The fourth-order valence-corrected chi connectivity index (χ4v) is 3.01. The lowest BCUT2D eigenvalue weighted by atomic mass is 10.1. The van der Waals surface area contributed by atoms with E-state index in [1.807, 2.05) is 42.2 Å². The molecule has 0 aliphatic heterocycles. The molecule has 0 aliphatic carbocycles. The van der Waals surface area contributed by atoms with Gasteiger partial charge in [-0.25, -0.2) is 0 Å². The van der Waals surface area contributed by atoms with E-state index in [4.69, 9.17) is 18.0 Å². The molecule has 0 N–H and O–H groups in total. The first-order chi connectivity index (χ1) is 12.1. The average Bonchev–Trinajstić information content (AvgIpc) is 3.11. The summed E-state index contributed by atoms with van der Waals surface area (Å²) in [7, 11) is 1.99. The van der Waals surface area contributed by atoms with Gasteiger partial charge in [-0.15, -0.1) is 6.42 Å². The first kappa shape index (κ1) is 17.3. The maximum absolute atomic E-state index is 12.8. The summed E-state index contributed by atoms with van der Waals surface area (Å²) < 4.78 is 3.48. The SMILES string of the molecule is C#CCn1c(=O)c(CN(C)CCn2cccn2)cc2ccc(Cl)cc21. The van der Waals surface area contributed by atoms with Crippen LogP contribution in [0.4, 0.5) is 0 Å². The molecule has 25 heavy (non-hydrogen) atoms. The molecule has 1 aromatic carbocycles. The Morgan fingerprint density at radius 1 is 1.36 bits per heavy atom. The summed E-state index contributed by atoms with van der Waals surface area (Å²) in [5.41, 5.74) is 1.41. The highest BCUT2D eigenvalue weighted by Gasteiger charge is 2.11. The van der Waals surface area contributed by atoms with Gasteiger partial charge >= 0.3 is 0 Å². The Bertz CT molecular complexity index is 969. The molecule has 128 valence electrons. The lowest BCUT2D eigenvalue weighted by Crippen LogP contribution is -2.30. The minimum Gasteiger partial charge on any atom is -0.300 e. The van der Waals surface area contributed by atoms with E-state index in [-0.39, 0.29) is 12.1 Å². The van der Waals surface area contributed by atoms with Crippen molar-refractivity contribution in [1.82, 2.24) is 19.2 Å². The van der Waals surface area contributed by atoms with Crippen LogP contribution >= 0.6 is 11.6 Å². The van der Waals surface area contributed by atoms with Crippen LogP contribution in [-0.4, -0.2) is 32.8 Å². The van der Waals surface area contributed by atoms with Crippen LogP contribution in [0, 0.1) is 12.3 Å². The molecule has 3 rings (SSSR count). The number of fused-ring (bicyclic) bond motifs is 1. The minimum atomic E-state index is -0.0707. The number of halogens is 1. The number of hydrogen-bond donors (Lipinski definition) is 0. The van der Waals surface area contributed by atoms with Gasteiger partial charge in [0.15, 0.2) is 0 Å². The first-order valence-corrected chi connectivity index (χ1v) is 8.37. The van der Waals surface area contributed by atoms with Gasteiger partial charge in [-0.2, -0.15) is 5.10 Å². The molecule has 0 radical (unpaired) electrons. The standard InChI is InChI=1S/C19H19ClN4O/c1-3-8-24-18-13-17(20)6-5-15(18)12-16(19(24)25)14-22(2)10-11-23-9-4-7-21-23/h1,4-7,9,12-13H,8,10-11,14H2,2H3. The number of likely N-dealkylation sites (N-methyl/N-ethyl adjacent to an activating group) is 1. The van der Waals surface area contributed by atoms with Gasteiger partial charge in [0.05, 0.1) is 18.6 Å². The van der Waals surface area contributed by atoms with Crippen LogP contribution in [0.2, 0.25) is 5.02 Å². The zero-order valence-corrected chi connectivity index (χ0v) is 14.8. The van der Waals surface area contributed by atoms with Gasteiger partial charge in [0.2, 0.25) is 0 Å². The summed E-state index contributed by atoms with van der Waals surface area (Å²) >= 11 is 6.07. The van der Waals surface area contributed by atoms with E-state index < -0.39 is 0 Å². The second kappa shape index (κ2) is 7.56. The number of benzene rings is 1. The largest absolute Gasteiger partial charge is 0.300 e. The van der Waals surface area contributed by atoms with E-state index in [1.165, 1.54) is 0 Å². The summed E-state index contributed by atoms with van der Waals surface area (Å²) in [5.74, 6) is 2.56. The molecule has 0 saturated heterocycles. The predicted octanol–water partition coefficient (Wildman–Crippen LogP) is 2.62. The van der Waals surface area contributed by atoms with E-state index in [2.05, 4.69) is 15.9 Å². The second-order valence-electron chi connectivity index (χ2n) is 5.98. The van der Waals surface area contributed by atoms with Crippen molar-refractivity contribution in [2.45, 2.75) is 19.6 Å². The Morgan fingerprint density at radius 2 is 2.20 bits per heavy atom. The van der Waals surface area contributed by atoms with Crippen molar-refractivity contribution in [1.29, 1.82) is 0 Å². The van der Waals surface area contributed by atoms with Gasteiger partial charge in [-0.05, 0) is 36.7 Å². The smallest absolute Gasteiger partial charge is 0.256 e. The Morgan fingerprint density at radius 3 is 2.92 bits per heavy atom. The monoisotopic (exact) mass is 354 g/mol. The minimum absolute atomic E-state index is 0.0707. The number of rotatable bonds is 6. The molecule has 0 bridgehead atoms. The number of nitrogens with zero attached hydrogens (tertiary/aromatic N) is 4. The zero-order valence-electron chi connectivity index (χ0n) is 14.0. The van der Waals surface area contributed by atoms with Gasteiger partial charge in [0, 0.05) is 36.1 Å². The summed E-state index contributed by atoms with van der Waals surface area (Å²) in [6.07, 6.45) is 9.13. The highest BCUT2D eigenvalue weighted by molar-refractivity contribution is 6.31. The normalized spacial score (nSPS) is 11.1. The molecule has 3 aromatic rings. The summed E-state index contributed by atoms with van der Waals surface area (Å²) in [5, 5.41) is 5.73. The Balaban J connectivity index is 1.88. The molecule has 0 aliphatic rings. The van der Waals surface area contributed by atoms with Crippen molar-refractivity contribution >= 4 is 22.5 Å². The van der Waals surface area contributed by atoms with Crippen molar-refractivity contribution in [2.24, 2.45) is 0 Å². The number of pyridine rings is 1. The molecule has 2 aromatic heterocycles. The molecule has 0 atom stereocenters. The molecule has 0 spiro atoms. The number of aromatic nitrogens is 3. The van der Waals surface area contributed by atoms with E-state index in [0.29, 0.717) is 17.1 Å². The third-order valence-corrected chi connectivity index (χ3v) is 4.33. The second-order valence-corrected chi connectivity index (χ2v) is 6.41. The Kier molecular flexibility index (Phi) is 5.22. The van der Waals surface area contributed by atoms with Crippen molar-refractivity contribution in [3.63, 3.8) is 0 Å². The lowest BCUT2D eigenvalue weighted by Gasteiger charge is -2.18. The van der Waals surface area contributed by atoms with E-state index >= 15 is 0 Å². The summed E-state index contributed by atoms with van der Waals surface area (Å²) in [6, 6.07) is 9.33. The third kappa shape index (κ3) is 3.93. The fourth-order valence-electron chi connectivity index (χ4n) is 2.84. The van der Waals surface area contributed by atoms with Crippen molar-refractivity contribution in [3.8, 4) is 12.3 Å². The Labute approximate surface area is 151 Å². The molecule has 6 heteroatoms. The molecule has 0 fully saturated rings. The maximum Gasteiger partial charge on any atom is 0.256 e. The van der Waals surface area contributed by atoms with Crippen LogP contribution in [0.25, 0.3) is 10.9 Å². The topological polar surface area (TPSA) is 43.1 Å². The van der Waals surface area contributed by atoms with Crippen molar-refractivity contribution in [2.75, 3.05) is 13.6 Å². The summed E-state index contributed by atoms with van der Waals surface area (Å²) in [6.45, 7) is 2.32. The quantitative estimate of drug-likeness (QED) is 0.639. The maximum atomic E-state index is 12.8. The van der Waals surface area contributed by atoms with Gasteiger partial charge < -0.3 is 4.90 Å². The molecule has 5 nitrogen and oxygen atoms in total. The number of terminal acetylenes is 1. The van der Waals surface area contributed by atoms with Gasteiger partial charge in [0.25, 0.3) is 5.56 Å². The molecular formula is C19H19ClN4O. The van der Waals surface area contributed by atoms with Crippen LogP contribution in [0.15, 0.2) is 47.5 Å². The highest BCUT2D eigenvalue weighted by atomic mass is 35.5. The van der Waals surface area contributed by atoms with Crippen LogP contribution in [0.1, 0.15) is 5.56 Å². The molecule has 2 heterocycles. The molecule has 0 amide bonds. The van der Waals surface area contributed by atoms with Crippen LogP contribution in [-0.2, 0) is 19.6 Å². The van der Waals surface area contributed by atoms with Crippen molar-refractivity contribution in [3.05, 3.63) is 63.7 Å². The van der Waals surface area contributed by atoms with Gasteiger partial charge in [0.1, 0.15) is 0 Å². The summed E-state index contributed by atoms with van der Waals surface area (Å²) in [4.78, 5) is 14.9. The zero-order chi connectivity index (χ0) is 17.8.